The number of aliphatic hydroxyl groups is 2. The number of hydrogen-bond acceptors (Lipinski definition) is 16. The first-order valence-corrected chi connectivity index (χ1v) is 15.0. The maximum absolute atomic E-state index is 13.4. The van der Waals surface area contributed by atoms with Crippen LogP contribution in [0, 0.1) is 0 Å². The van der Waals surface area contributed by atoms with Gasteiger partial charge in [-0.2, -0.15) is 13.5 Å². The van der Waals surface area contributed by atoms with Crippen molar-refractivity contribution in [3.63, 3.8) is 0 Å². The number of oxime groups is 1. The Morgan fingerprint density at radius 1 is 1.22 bits per heavy atom. The smallest absolute Gasteiger partial charge is 0.372 e. The Balaban J connectivity index is 1.38. The van der Waals surface area contributed by atoms with E-state index in [1.54, 1.807) is 0 Å². The summed E-state index contributed by atoms with van der Waals surface area (Å²) < 4.78 is 32.3. The number of anilines is 1. The number of nitrogens with one attached hydrogen (secondary N) is 1. The van der Waals surface area contributed by atoms with Gasteiger partial charge < -0.3 is 41.1 Å². The second-order valence-corrected chi connectivity index (χ2v) is 12.9. The Morgan fingerprint density at radius 3 is 2.52 bits per heavy atom. The molecule has 2 saturated heterocycles. The van der Waals surface area contributed by atoms with Crippen molar-refractivity contribution >= 4 is 62.1 Å². The summed E-state index contributed by atoms with van der Waals surface area (Å²) in [6.07, 6.45) is 1.43. The summed E-state index contributed by atoms with van der Waals surface area (Å²) in [5.41, 5.74) is -0.127. The van der Waals surface area contributed by atoms with Crippen LogP contribution in [0.3, 0.4) is 0 Å². The molecule has 0 saturated carbocycles. The van der Waals surface area contributed by atoms with Gasteiger partial charge >= 0.3 is 33.8 Å². The molecule has 0 aliphatic carbocycles. The van der Waals surface area contributed by atoms with Crippen molar-refractivity contribution in [2.24, 2.45) is 5.16 Å². The van der Waals surface area contributed by atoms with Gasteiger partial charge in [0.2, 0.25) is 5.60 Å². The van der Waals surface area contributed by atoms with Crippen molar-refractivity contribution in [2.75, 3.05) is 12.3 Å². The van der Waals surface area contributed by atoms with E-state index in [1.807, 2.05) is 0 Å². The van der Waals surface area contributed by atoms with Crippen molar-refractivity contribution in [1.29, 1.82) is 0 Å². The number of amides is 2. The van der Waals surface area contributed by atoms with Crippen LogP contribution in [0.25, 0.3) is 0 Å². The van der Waals surface area contributed by atoms with E-state index in [9.17, 15) is 52.8 Å². The van der Waals surface area contributed by atoms with Crippen molar-refractivity contribution in [1.82, 2.24) is 24.0 Å². The molecular formula is C23H23N7O14S2. The van der Waals surface area contributed by atoms with Gasteiger partial charge in [0.15, 0.2) is 22.4 Å². The number of nitrogen functional groups attached to an aromatic ring is 1. The third kappa shape index (κ3) is 5.18. The Bertz CT molecular complexity index is 1800. The number of carboxylic acid groups (broad SMARTS) is 2. The maximum atomic E-state index is 13.4. The van der Waals surface area contributed by atoms with Gasteiger partial charge in [-0.15, -0.1) is 11.3 Å². The van der Waals surface area contributed by atoms with Crippen LogP contribution in [-0.4, -0.2) is 113 Å². The van der Waals surface area contributed by atoms with Gasteiger partial charge in [0.1, 0.15) is 24.4 Å². The lowest BCUT2D eigenvalue weighted by Crippen LogP contribution is -2.57. The first kappa shape index (κ1) is 32.0. The van der Waals surface area contributed by atoms with Gasteiger partial charge in [-0.3, -0.25) is 14.4 Å². The molecule has 7 N–H and O–H groups in total. The zero-order valence-electron chi connectivity index (χ0n) is 23.4. The number of nitrogens with two attached hydrogens (primary N) is 1. The van der Waals surface area contributed by atoms with Gasteiger partial charge in [-0.1, -0.05) is 5.16 Å². The molecule has 0 aromatic carbocycles. The van der Waals surface area contributed by atoms with Crippen LogP contribution in [-0.2, 0) is 48.6 Å². The third-order valence-electron chi connectivity index (χ3n) is 6.83. The highest BCUT2D eigenvalue weighted by Gasteiger charge is 2.65. The number of fused-ring (bicyclic) bond motifs is 1. The lowest BCUT2D eigenvalue weighted by molar-refractivity contribution is -0.256. The molecule has 1 aromatic rings. The van der Waals surface area contributed by atoms with E-state index in [1.165, 1.54) is 5.38 Å². The quantitative estimate of drug-likeness (QED) is 0.0951. The minimum atomic E-state index is -4.64. The fraction of sp³-hybridized carbons (Fsp3) is 0.348. The highest BCUT2D eigenvalue weighted by atomic mass is 32.2. The largest absolute Gasteiger partial charge is 0.504 e. The fourth-order valence-electron chi connectivity index (χ4n) is 4.37. The van der Waals surface area contributed by atoms with Crippen LogP contribution in [0.1, 0.15) is 26.0 Å². The molecule has 2 amide bonds. The van der Waals surface area contributed by atoms with Gasteiger partial charge in [-0.25, -0.2) is 28.0 Å². The van der Waals surface area contributed by atoms with E-state index in [0.717, 1.165) is 37.5 Å². The number of nitrogens with zero attached hydrogens (tertiary/aromatic N) is 5. The Morgan fingerprint density at radius 2 is 1.91 bits per heavy atom. The average molecular weight is 686 g/mol. The fourth-order valence-corrected chi connectivity index (χ4v) is 6.44. The van der Waals surface area contributed by atoms with Gasteiger partial charge in [0.25, 0.3) is 11.8 Å². The standard InChI is InChI=1S/C23H23N7O14S2/c1-22(2,19(36)37)44-27-15(11-8-45-21(24)26-11)16(33)25-10-7-42-30(17(10)34)23(20(38)39)4-12(18(35)43-23)29-5-9-3-13(31)14(32)6-28(9)46(29,40)41/h3,5-6,8,10,12,31-32H,4,7H2,1-2H3,(H2,24,26)(H,25,33)(H,36,37)(H,38,39)/b27-15-/t10-,12?,23?/m0/s1. The number of esters is 1. The molecule has 2 unspecified atom stereocenters. The average Bonchev–Trinajstić information content (AvgIpc) is 3.70. The number of cyclic esters (lactones) is 1. The molecular weight excluding hydrogens is 662 g/mol. The molecule has 4 aliphatic heterocycles. The van der Waals surface area contributed by atoms with Crippen LogP contribution < -0.4 is 11.1 Å². The summed E-state index contributed by atoms with van der Waals surface area (Å²) in [6, 6.07) is -3.48. The van der Waals surface area contributed by atoms with Crippen LogP contribution in [0.4, 0.5) is 5.13 Å². The molecule has 0 bridgehead atoms. The molecule has 0 spiro atoms. The van der Waals surface area contributed by atoms with Crippen molar-refractivity contribution in [3.8, 4) is 0 Å². The minimum Gasteiger partial charge on any atom is -0.504 e. The molecule has 46 heavy (non-hydrogen) atoms. The first-order valence-electron chi connectivity index (χ1n) is 12.7. The molecule has 5 rings (SSSR count). The highest BCUT2D eigenvalue weighted by molar-refractivity contribution is 7.87. The molecule has 4 aliphatic rings. The van der Waals surface area contributed by atoms with Gasteiger partial charge in [0.05, 0.1) is 18.3 Å². The number of aliphatic carboxylic acids is 2. The Kier molecular flexibility index (Phi) is 7.57. The van der Waals surface area contributed by atoms with E-state index < -0.39 is 93.6 Å². The van der Waals surface area contributed by atoms with Crippen LogP contribution in [0.5, 0.6) is 0 Å². The topological polar surface area (TPSA) is 301 Å². The second kappa shape index (κ2) is 10.9. The number of carboxylic acids is 2. The third-order valence-corrected chi connectivity index (χ3v) is 9.21. The number of aliphatic hydroxyl groups excluding tert-OH is 2. The minimum absolute atomic E-state index is 0.00723. The van der Waals surface area contributed by atoms with E-state index in [-0.39, 0.29) is 21.6 Å². The monoisotopic (exact) mass is 685 g/mol. The van der Waals surface area contributed by atoms with Crippen molar-refractivity contribution in [2.45, 2.75) is 43.7 Å². The number of hydroxylamine groups is 2. The molecule has 23 heteroatoms. The normalized spacial score (nSPS) is 25.8. The summed E-state index contributed by atoms with van der Waals surface area (Å²) in [6.45, 7) is 1.60. The molecule has 246 valence electrons. The van der Waals surface area contributed by atoms with E-state index in [4.69, 9.17) is 20.1 Å². The van der Waals surface area contributed by atoms with Crippen LogP contribution in [0.2, 0.25) is 0 Å². The zero-order chi connectivity index (χ0) is 33.9. The van der Waals surface area contributed by atoms with E-state index in [2.05, 4.69) is 15.5 Å². The summed E-state index contributed by atoms with van der Waals surface area (Å²) in [5.74, 6) is -8.59. The zero-order valence-corrected chi connectivity index (χ0v) is 25.0. The predicted octanol–water partition coefficient (Wildman–Crippen LogP) is -1.78. The number of hydrogen-bond donors (Lipinski definition) is 6. The Labute approximate surface area is 261 Å². The number of carbonyl (C=O) groups excluding carboxylic acids is 3. The van der Waals surface area contributed by atoms with Crippen molar-refractivity contribution < 1.29 is 67.2 Å². The molecule has 3 atom stereocenters. The predicted molar refractivity (Wildman–Crippen MR) is 148 cm³/mol. The van der Waals surface area contributed by atoms with Crippen LogP contribution >= 0.6 is 11.3 Å². The first-order chi connectivity index (χ1) is 21.4. The van der Waals surface area contributed by atoms with Crippen molar-refractivity contribution in [3.05, 3.63) is 46.8 Å². The number of allylic oxidation sites excluding steroid dienone is 1. The summed E-state index contributed by atoms with van der Waals surface area (Å²) in [5, 5.41) is 46.2. The lowest BCUT2D eigenvalue weighted by Gasteiger charge is -2.31. The molecule has 0 radical (unpaired) electrons. The highest BCUT2D eigenvalue weighted by Crippen LogP contribution is 2.41. The molecule has 5 heterocycles. The van der Waals surface area contributed by atoms with E-state index in [0.29, 0.717) is 14.8 Å². The lowest BCUT2D eigenvalue weighted by atomic mass is 10.1. The Hall–Kier alpha value is -5.42. The van der Waals surface area contributed by atoms with E-state index >= 15 is 0 Å². The van der Waals surface area contributed by atoms with Crippen LogP contribution in [0.15, 0.2) is 46.2 Å². The number of rotatable bonds is 9. The number of ether oxygens (including phenoxy) is 1. The number of thiazole rings is 1. The SMILES string of the molecule is CC(C)(O/N=C(\C(=O)N[C@H]1CON(C2(C(=O)O)CC(N3C=C4C=C(O)C(O)=CN4S3(=O)=O)C(=O)O2)C1=O)c1csc(N)n1)C(=O)O. The molecule has 2 fully saturated rings. The number of aromatic nitrogens is 1. The number of carbonyl (C=O) groups is 5. The van der Waals surface area contributed by atoms with Gasteiger partial charge in [-0.05, 0) is 13.8 Å². The summed E-state index contributed by atoms with van der Waals surface area (Å²) >= 11 is 0.906. The molecule has 21 nitrogen and oxygen atoms in total. The maximum Gasteiger partial charge on any atom is 0.372 e. The summed E-state index contributed by atoms with van der Waals surface area (Å²) in [4.78, 5) is 77.6. The summed E-state index contributed by atoms with van der Waals surface area (Å²) in [7, 11) is -4.64. The molecule has 1 aromatic heterocycles. The van der Waals surface area contributed by atoms with Gasteiger partial charge in [0, 0.05) is 17.7 Å². The second-order valence-electron chi connectivity index (χ2n) is 10.3.